The van der Waals surface area contributed by atoms with Crippen LogP contribution in [0.25, 0.3) is 0 Å². The molecule has 0 bridgehead atoms. The number of aromatic nitrogens is 1. The van der Waals surface area contributed by atoms with Crippen molar-refractivity contribution in [1.29, 1.82) is 0 Å². The van der Waals surface area contributed by atoms with Crippen molar-refractivity contribution in [2.45, 2.75) is 19.9 Å². The highest BCUT2D eigenvalue weighted by molar-refractivity contribution is 5.82. The predicted octanol–water partition coefficient (Wildman–Crippen LogP) is 0.520. The molecule has 1 N–H and O–H groups in total. The summed E-state index contributed by atoms with van der Waals surface area (Å²) in [6.45, 7) is 3.99. The second-order valence-corrected chi connectivity index (χ2v) is 3.61. The molecule has 1 aromatic heterocycles. The Labute approximate surface area is 87.0 Å². The predicted molar refractivity (Wildman–Crippen MR) is 52.4 cm³/mol. The highest BCUT2D eigenvalue weighted by Crippen LogP contribution is 2.21. The van der Waals surface area contributed by atoms with Gasteiger partial charge in [0.15, 0.2) is 6.29 Å². The van der Waals surface area contributed by atoms with Crippen molar-refractivity contribution in [3.05, 3.63) is 23.0 Å². The molecule has 1 fully saturated rings. The van der Waals surface area contributed by atoms with Crippen LogP contribution < -0.4 is 5.48 Å². The summed E-state index contributed by atoms with van der Waals surface area (Å²) < 4.78 is 1.83. The van der Waals surface area contributed by atoms with Crippen LogP contribution >= 0.6 is 0 Å². The summed E-state index contributed by atoms with van der Waals surface area (Å²) in [4.78, 5) is 27.0. The first-order valence-electron chi connectivity index (χ1n) is 4.70. The molecule has 1 aromatic rings. The van der Waals surface area contributed by atoms with E-state index in [1.54, 1.807) is 6.07 Å². The van der Waals surface area contributed by atoms with Gasteiger partial charge in [0.05, 0.1) is 0 Å². The first-order valence-corrected chi connectivity index (χ1v) is 4.70. The highest BCUT2D eigenvalue weighted by Gasteiger charge is 2.29. The van der Waals surface area contributed by atoms with Gasteiger partial charge in [-0.15, -0.1) is 0 Å². The van der Waals surface area contributed by atoms with Crippen molar-refractivity contribution >= 4 is 12.2 Å². The summed E-state index contributed by atoms with van der Waals surface area (Å²) in [6, 6.07) is 1.41. The molecule has 1 unspecified atom stereocenters. The van der Waals surface area contributed by atoms with Crippen LogP contribution in [0.4, 0.5) is 0 Å². The lowest BCUT2D eigenvalue weighted by Crippen LogP contribution is -2.23. The van der Waals surface area contributed by atoms with Gasteiger partial charge in [0, 0.05) is 17.0 Å². The van der Waals surface area contributed by atoms with E-state index < -0.39 is 0 Å². The molecule has 1 aliphatic rings. The minimum absolute atomic E-state index is 0.172. The van der Waals surface area contributed by atoms with Crippen LogP contribution in [0.3, 0.4) is 0 Å². The van der Waals surface area contributed by atoms with Crippen LogP contribution in [0, 0.1) is 13.8 Å². The lowest BCUT2D eigenvalue weighted by atomic mass is 10.2. The molecule has 2 rings (SSSR count). The number of aldehydes is 1. The maximum Gasteiger partial charge on any atom is 0.269 e. The van der Waals surface area contributed by atoms with Crippen molar-refractivity contribution in [2.24, 2.45) is 0 Å². The van der Waals surface area contributed by atoms with Gasteiger partial charge in [-0.1, -0.05) is 0 Å². The fourth-order valence-electron chi connectivity index (χ4n) is 1.93. The van der Waals surface area contributed by atoms with E-state index in [0.717, 1.165) is 17.7 Å². The van der Waals surface area contributed by atoms with E-state index in [9.17, 15) is 9.59 Å². The standard InChI is InChI=1S/C10H12N2O3/c1-6-3-8(4-13)7(2)12(6)9-5-15-11-10(9)14/h3-4,9H,5H2,1-2H3,(H,11,14). The Hall–Kier alpha value is -1.62. The Morgan fingerprint density at radius 1 is 1.60 bits per heavy atom. The second kappa shape index (κ2) is 3.51. The van der Waals surface area contributed by atoms with Gasteiger partial charge in [0.1, 0.15) is 12.6 Å². The smallest absolute Gasteiger partial charge is 0.269 e. The Bertz CT molecular complexity index is 423. The van der Waals surface area contributed by atoms with Crippen LogP contribution in [0.15, 0.2) is 6.07 Å². The third-order valence-electron chi connectivity index (χ3n) is 2.68. The number of rotatable bonds is 2. The summed E-state index contributed by atoms with van der Waals surface area (Å²) in [5, 5.41) is 0. The summed E-state index contributed by atoms with van der Waals surface area (Å²) in [6.07, 6.45) is 0.798. The van der Waals surface area contributed by atoms with E-state index in [-0.39, 0.29) is 11.9 Å². The van der Waals surface area contributed by atoms with Gasteiger partial charge in [-0.25, -0.2) is 5.48 Å². The van der Waals surface area contributed by atoms with E-state index in [2.05, 4.69) is 5.48 Å². The van der Waals surface area contributed by atoms with Gasteiger partial charge in [-0.05, 0) is 19.9 Å². The SMILES string of the molecule is Cc1cc(C=O)c(C)n1C1CONC1=O. The van der Waals surface area contributed by atoms with Gasteiger partial charge in [0.2, 0.25) is 0 Å². The molecule has 0 saturated carbocycles. The third-order valence-corrected chi connectivity index (χ3v) is 2.68. The Morgan fingerprint density at radius 2 is 2.33 bits per heavy atom. The highest BCUT2D eigenvalue weighted by atomic mass is 16.7. The average molecular weight is 208 g/mol. The van der Waals surface area contributed by atoms with Crippen LogP contribution in [-0.4, -0.2) is 23.4 Å². The number of nitrogens with one attached hydrogen (secondary N) is 1. The summed E-state index contributed by atoms with van der Waals surface area (Å²) in [5.74, 6) is -0.172. The molecule has 80 valence electrons. The van der Waals surface area contributed by atoms with E-state index in [0.29, 0.717) is 12.2 Å². The summed E-state index contributed by atoms with van der Waals surface area (Å²) in [7, 11) is 0. The number of aryl methyl sites for hydroxylation is 1. The molecule has 5 heteroatoms. The maximum atomic E-state index is 11.4. The zero-order valence-electron chi connectivity index (χ0n) is 8.61. The number of amides is 1. The molecular weight excluding hydrogens is 196 g/mol. The first kappa shape index (κ1) is 9.92. The van der Waals surface area contributed by atoms with Crippen LogP contribution in [-0.2, 0) is 9.63 Å². The van der Waals surface area contributed by atoms with Crippen molar-refractivity contribution in [3.8, 4) is 0 Å². The largest absolute Gasteiger partial charge is 0.334 e. The Balaban J connectivity index is 2.47. The van der Waals surface area contributed by atoms with E-state index in [1.807, 2.05) is 18.4 Å². The van der Waals surface area contributed by atoms with Gasteiger partial charge < -0.3 is 4.57 Å². The molecule has 0 spiro atoms. The molecule has 0 aromatic carbocycles. The van der Waals surface area contributed by atoms with Crippen LogP contribution in [0.2, 0.25) is 0 Å². The number of hydrogen-bond donors (Lipinski definition) is 1. The number of hydrogen-bond acceptors (Lipinski definition) is 3. The molecule has 1 aliphatic heterocycles. The molecule has 1 atom stereocenters. The minimum Gasteiger partial charge on any atom is -0.334 e. The summed E-state index contributed by atoms with van der Waals surface area (Å²) in [5.41, 5.74) is 4.61. The van der Waals surface area contributed by atoms with E-state index in [1.165, 1.54) is 0 Å². The van der Waals surface area contributed by atoms with Crippen molar-refractivity contribution in [2.75, 3.05) is 6.61 Å². The number of carbonyl (C=O) groups excluding carboxylic acids is 2. The van der Waals surface area contributed by atoms with Gasteiger partial charge in [-0.3, -0.25) is 14.4 Å². The topological polar surface area (TPSA) is 60.3 Å². The van der Waals surface area contributed by atoms with Crippen molar-refractivity contribution < 1.29 is 14.4 Å². The molecule has 0 aliphatic carbocycles. The second-order valence-electron chi connectivity index (χ2n) is 3.61. The fourth-order valence-corrected chi connectivity index (χ4v) is 1.93. The molecular formula is C10H12N2O3. The normalized spacial score (nSPS) is 20.4. The lowest BCUT2D eigenvalue weighted by molar-refractivity contribution is -0.125. The monoisotopic (exact) mass is 208 g/mol. The molecule has 5 nitrogen and oxygen atoms in total. The molecule has 1 saturated heterocycles. The molecule has 2 heterocycles. The number of nitrogens with zero attached hydrogens (tertiary/aromatic N) is 1. The number of carbonyl (C=O) groups is 2. The maximum absolute atomic E-state index is 11.4. The van der Waals surface area contributed by atoms with Gasteiger partial charge in [0.25, 0.3) is 5.91 Å². The lowest BCUT2D eigenvalue weighted by Gasteiger charge is -2.13. The zero-order valence-corrected chi connectivity index (χ0v) is 8.61. The summed E-state index contributed by atoms with van der Waals surface area (Å²) >= 11 is 0. The number of hydroxylamine groups is 1. The molecule has 15 heavy (non-hydrogen) atoms. The zero-order chi connectivity index (χ0) is 11.0. The molecule has 1 amide bonds. The van der Waals surface area contributed by atoms with Gasteiger partial charge in [-0.2, -0.15) is 0 Å². The Kier molecular flexibility index (Phi) is 2.32. The van der Waals surface area contributed by atoms with E-state index >= 15 is 0 Å². The quantitative estimate of drug-likeness (QED) is 0.721. The van der Waals surface area contributed by atoms with Crippen molar-refractivity contribution in [1.82, 2.24) is 10.0 Å². The van der Waals surface area contributed by atoms with Crippen LogP contribution in [0.5, 0.6) is 0 Å². The van der Waals surface area contributed by atoms with Crippen LogP contribution in [0.1, 0.15) is 27.8 Å². The third kappa shape index (κ3) is 1.45. The average Bonchev–Trinajstić information content (AvgIpc) is 2.71. The van der Waals surface area contributed by atoms with Gasteiger partial charge >= 0.3 is 0 Å². The first-order chi connectivity index (χ1) is 7.15. The minimum atomic E-state index is -0.362. The fraction of sp³-hybridized carbons (Fsp3) is 0.400. The van der Waals surface area contributed by atoms with Crippen molar-refractivity contribution in [3.63, 3.8) is 0 Å². The molecule has 0 radical (unpaired) electrons. The Morgan fingerprint density at radius 3 is 2.80 bits per heavy atom. The van der Waals surface area contributed by atoms with E-state index in [4.69, 9.17) is 4.84 Å².